The Morgan fingerprint density at radius 3 is 2.45 bits per heavy atom. The molecule has 4 unspecified atom stereocenters. The molecule has 2 aliphatic rings. The van der Waals surface area contributed by atoms with Crippen LogP contribution in [0.2, 0.25) is 0 Å². The third kappa shape index (κ3) is 6.84. The van der Waals surface area contributed by atoms with Crippen molar-refractivity contribution in [3.05, 3.63) is 12.3 Å². The van der Waals surface area contributed by atoms with E-state index in [2.05, 4.69) is 10.1 Å². The molecule has 0 spiro atoms. The van der Waals surface area contributed by atoms with Crippen LogP contribution in [-0.2, 0) is 23.8 Å². The summed E-state index contributed by atoms with van der Waals surface area (Å²) < 4.78 is 43.5. The largest absolute Gasteiger partial charge is 0.469 e. The number of nitrogens with zero attached hydrogens (tertiary/aromatic N) is 1. The van der Waals surface area contributed by atoms with Crippen molar-refractivity contribution in [2.75, 3.05) is 13.7 Å². The fourth-order valence-corrected chi connectivity index (χ4v) is 3.23. The zero-order chi connectivity index (χ0) is 23.0. The lowest BCUT2D eigenvalue weighted by Gasteiger charge is -2.32. The van der Waals surface area contributed by atoms with E-state index in [0.717, 1.165) is 25.5 Å². The second kappa shape index (κ2) is 11.3. The van der Waals surface area contributed by atoms with Gasteiger partial charge in [-0.2, -0.15) is 8.78 Å². The van der Waals surface area contributed by atoms with Gasteiger partial charge in [0.2, 0.25) is 6.23 Å². The number of nitrogens with one attached hydrogen (secondary N) is 1. The highest BCUT2D eigenvalue weighted by atomic mass is 19.3. The highest BCUT2D eigenvalue weighted by Crippen LogP contribution is 2.38. The summed E-state index contributed by atoms with van der Waals surface area (Å²) in [4.78, 5) is 35.3. The molecule has 1 saturated heterocycles. The number of ether oxygens (including phenoxy) is 3. The fraction of sp³-hybridized carbons (Fsp3) is 0.737. The zero-order valence-electron chi connectivity index (χ0n) is 17.3. The third-order valence-corrected chi connectivity index (χ3v) is 5.01. The zero-order valence-corrected chi connectivity index (χ0v) is 17.3. The molecular formula is C19H29F2N3O7. The van der Waals surface area contributed by atoms with Gasteiger partial charge in [-0.3, -0.25) is 14.5 Å². The number of amides is 2. The first-order chi connectivity index (χ1) is 14.7. The van der Waals surface area contributed by atoms with Gasteiger partial charge in [-0.25, -0.2) is 4.79 Å². The lowest BCUT2D eigenvalue weighted by atomic mass is 10.1. The minimum Gasteiger partial charge on any atom is -0.469 e. The first-order valence-electron chi connectivity index (χ1n) is 10.1. The Hall–Kier alpha value is -2.31. The Kier molecular flexibility index (Phi) is 9.14. The lowest BCUT2D eigenvalue weighted by molar-refractivity contribution is -0.151. The number of alkyl halides is 2. The Morgan fingerprint density at radius 1 is 1.23 bits per heavy atom. The number of aliphatic hydroxyl groups is 1. The summed E-state index contributed by atoms with van der Waals surface area (Å²) in [6.45, 7) is -0.566. The van der Waals surface area contributed by atoms with Crippen molar-refractivity contribution in [1.82, 2.24) is 10.2 Å². The highest BCUT2D eigenvalue weighted by Gasteiger charge is 2.61. The van der Waals surface area contributed by atoms with Crippen LogP contribution < -0.4 is 11.1 Å². The summed E-state index contributed by atoms with van der Waals surface area (Å²) in [5.41, 5.74) is 5.48. The van der Waals surface area contributed by atoms with Crippen LogP contribution in [0.15, 0.2) is 12.3 Å². The van der Waals surface area contributed by atoms with Gasteiger partial charge in [0.1, 0.15) is 12.7 Å². The molecule has 0 aromatic heterocycles. The van der Waals surface area contributed by atoms with Gasteiger partial charge in [0, 0.05) is 19.0 Å². The molecule has 1 fully saturated rings. The lowest BCUT2D eigenvalue weighted by Crippen LogP contribution is -2.57. The van der Waals surface area contributed by atoms with Gasteiger partial charge in [-0.05, 0) is 18.9 Å². The third-order valence-electron chi connectivity index (χ3n) is 5.01. The number of carbonyl (C=O) groups excluding carboxylic acids is 3. The maximum Gasteiger partial charge on any atom is 0.325 e. The molecule has 10 nitrogen and oxygen atoms in total. The van der Waals surface area contributed by atoms with E-state index in [0.29, 0.717) is 24.2 Å². The first kappa shape index (κ1) is 25.0. The Balaban J connectivity index is 1.71. The molecule has 0 bridgehead atoms. The van der Waals surface area contributed by atoms with Gasteiger partial charge in [0.25, 0.3) is 0 Å². The maximum absolute atomic E-state index is 14.4. The molecule has 0 saturated carbocycles. The van der Waals surface area contributed by atoms with Crippen molar-refractivity contribution in [1.29, 1.82) is 0 Å². The second-order valence-electron chi connectivity index (χ2n) is 7.40. The van der Waals surface area contributed by atoms with E-state index in [4.69, 9.17) is 15.2 Å². The van der Waals surface area contributed by atoms with E-state index in [1.54, 1.807) is 0 Å². The standard InChI is InChI=1S/C19H29F2N3O7/c1-29-14(25)7-5-3-2-4-6-8-15(26)30-11-12-16(27)19(20,21)17(31-12)24-10-9-13(22)23-18(24)28/h9-10,12-13,16-17,27H,2-8,11,22H2,1H3,(H,23,28). The van der Waals surface area contributed by atoms with E-state index in [1.165, 1.54) is 13.2 Å². The average Bonchev–Trinajstić information content (AvgIpc) is 2.94. The summed E-state index contributed by atoms with van der Waals surface area (Å²) >= 11 is 0. The summed E-state index contributed by atoms with van der Waals surface area (Å²) in [5, 5.41) is 12.2. The van der Waals surface area contributed by atoms with E-state index in [-0.39, 0.29) is 12.4 Å². The number of urea groups is 1. The van der Waals surface area contributed by atoms with Gasteiger partial charge in [-0.1, -0.05) is 19.3 Å². The molecule has 0 aromatic carbocycles. The van der Waals surface area contributed by atoms with Crippen molar-refractivity contribution >= 4 is 18.0 Å². The number of unbranched alkanes of at least 4 members (excludes halogenated alkanes) is 4. The topological polar surface area (TPSA) is 140 Å². The van der Waals surface area contributed by atoms with Crippen molar-refractivity contribution < 1.29 is 42.5 Å². The van der Waals surface area contributed by atoms with E-state index < -0.39 is 49.1 Å². The maximum atomic E-state index is 14.4. The van der Waals surface area contributed by atoms with Crippen LogP contribution in [-0.4, -0.2) is 72.2 Å². The average molecular weight is 449 g/mol. The van der Waals surface area contributed by atoms with Crippen molar-refractivity contribution in [3.8, 4) is 0 Å². The molecule has 2 heterocycles. The minimum atomic E-state index is -3.77. The number of esters is 2. The molecule has 12 heteroatoms. The molecule has 0 aromatic rings. The molecule has 4 atom stereocenters. The molecule has 176 valence electrons. The molecule has 2 rings (SSSR count). The summed E-state index contributed by atoms with van der Waals surface area (Å²) in [7, 11) is 1.34. The van der Waals surface area contributed by atoms with Crippen LogP contribution in [0, 0.1) is 0 Å². The predicted octanol–water partition coefficient (Wildman–Crippen LogP) is 0.978. The molecule has 31 heavy (non-hydrogen) atoms. The number of rotatable bonds is 11. The Morgan fingerprint density at radius 2 is 1.84 bits per heavy atom. The van der Waals surface area contributed by atoms with Crippen LogP contribution in [0.25, 0.3) is 0 Å². The predicted molar refractivity (Wildman–Crippen MR) is 102 cm³/mol. The fourth-order valence-electron chi connectivity index (χ4n) is 3.23. The molecule has 2 amide bonds. The van der Waals surface area contributed by atoms with Gasteiger partial charge in [-0.15, -0.1) is 0 Å². The van der Waals surface area contributed by atoms with Crippen molar-refractivity contribution in [2.24, 2.45) is 5.73 Å². The molecule has 0 radical (unpaired) electrons. The van der Waals surface area contributed by atoms with Gasteiger partial charge >= 0.3 is 23.9 Å². The molecule has 0 aliphatic carbocycles. The Labute approximate surface area is 178 Å². The summed E-state index contributed by atoms with van der Waals surface area (Å²) in [6, 6.07) is -0.892. The Bertz CT molecular complexity index is 677. The van der Waals surface area contributed by atoms with Crippen molar-refractivity contribution in [2.45, 2.75) is 75.5 Å². The highest BCUT2D eigenvalue weighted by molar-refractivity contribution is 5.77. The van der Waals surface area contributed by atoms with E-state index >= 15 is 0 Å². The number of aliphatic hydroxyl groups excluding tert-OH is 1. The SMILES string of the molecule is COC(=O)CCCCCCCC(=O)OCC1OC(N2C=CC(N)NC2=O)C(F)(F)C1O. The van der Waals surface area contributed by atoms with Crippen LogP contribution in [0.1, 0.15) is 44.9 Å². The van der Waals surface area contributed by atoms with Gasteiger partial charge < -0.3 is 30.4 Å². The van der Waals surface area contributed by atoms with E-state index in [9.17, 15) is 28.3 Å². The van der Waals surface area contributed by atoms with Crippen LogP contribution >= 0.6 is 0 Å². The quantitative estimate of drug-likeness (QED) is 0.313. The number of halogens is 2. The molecule has 2 aliphatic heterocycles. The van der Waals surface area contributed by atoms with Gasteiger partial charge in [0.05, 0.1) is 13.3 Å². The van der Waals surface area contributed by atoms with Crippen LogP contribution in [0.5, 0.6) is 0 Å². The smallest absolute Gasteiger partial charge is 0.325 e. The van der Waals surface area contributed by atoms with Crippen LogP contribution in [0.3, 0.4) is 0 Å². The number of nitrogens with two attached hydrogens (primary N) is 1. The van der Waals surface area contributed by atoms with Crippen LogP contribution in [0.4, 0.5) is 13.6 Å². The summed E-state index contributed by atoms with van der Waals surface area (Å²) in [6.07, 6.45) is -0.150. The normalized spacial score (nSPS) is 27.1. The number of hydrogen-bond donors (Lipinski definition) is 3. The molecule has 4 N–H and O–H groups in total. The minimum absolute atomic E-state index is 0.0921. The van der Waals surface area contributed by atoms with Gasteiger partial charge in [0.15, 0.2) is 6.10 Å². The van der Waals surface area contributed by atoms with E-state index in [1.807, 2.05) is 0 Å². The number of hydrogen-bond acceptors (Lipinski definition) is 8. The number of carbonyl (C=O) groups is 3. The monoisotopic (exact) mass is 449 g/mol. The second-order valence-corrected chi connectivity index (χ2v) is 7.40. The number of methoxy groups -OCH3 is 1. The summed E-state index contributed by atoms with van der Waals surface area (Å²) in [5.74, 6) is -4.63. The first-order valence-corrected chi connectivity index (χ1v) is 10.1. The van der Waals surface area contributed by atoms with Crippen molar-refractivity contribution in [3.63, 3.8) is 0 Å². The molecular weight excluding hydrogens is 420 g/mol.